The summed E-state index contributed by atoms with van der Waals surface area (Å²) in [5, 5.41) is 0. The summed E-state index contributed by atoms with van der Waals surface area (Å²) in [7, 11) is 0. The van der Waals surface area contributed by atoms with Gasteiger partial charge in [0.05, 0.1) is 6.04 Å². The van der Waals surface area contributed by atoms with Crippen molar-refractivity contribution in [3.8, 4) is 0 Å². The molecule has 3 heteroatoms. The molecule has 3 aromatic rings. The Bertz CT molecular complexity index is 807. The SMILES string of the molecule is Cc1cccc(C2c3cccn3CCCN2Cc2cccnc2)c1. The lowest BCUT2D eigenvalue weighted by molar-refractivity contribution is 0.220. The third kappa shape index (κ3) is 3.00. The number of hydrogen-bond acceptors (Lipinski definition) is 2. The molecule has 1 aromatic carbocycles. The number of rotatable bonds is 3. The number of fused-ring (bicyclic) bond motifs is 1. The van der Waals surface area contributed by atoms with Crippen LogP contribution in [0.3, 0.4) is 0 Å². The number of benzene rings is 1. The second-order valence-electron chi connectivity index (χ2n) is 6.63. The first-order valence-electron chi connectivity index (χ1n) is 8.66. The normalized spacial score (nSPS) is 18.1. The minimum absolute atomic E-state index is 0.294. The molecule has 2 aromatic heterocycles. The van der Waals surface area contributed by atoms with E-state index in [0.717, 1.165) is 19.6 Å². The Kier molecular flexibility index (Phi) is 4.18. The Hall–Kier alpha value is -2.39. The van der Waals surface area contributed by atoms with Crippen molar-refractivity contribution in [2.75, 3.05) is 6.54 Å². The largest absolute Gasteiger partial charge is 0.350 e. The molecule has 0 aliphatic carbocycles. The lowest BCUT2D eigenvalue weighted by Gasteiger charge is -2.30. The van der Waals surface area contributed by atoms with E-state index in [9.17, 15) is 0 Å². The maximum absolute atomic E-state index is 4.29. The summed E-state index contributed by atoms with van der Waals surface area (Å²) in [6.45, 7) is 5.28. The summed E-state index contributed by atoms with van der Waals surface area (Å²) in [6, 6.07) is 17.9. The fraction of sp³-hybridized carbons (Fsp3) is 0.286. The second-order valence-corrected chi connectivity index (χ2v) is 6.63. The van der Waals surface area contributed by atoms with E-state index in [1.165, 1.54) is 28.8 Å². The third-order valence-electron chi connectivity index (χ3n) is 4.82. The molecule has 24 heavy (non-hydrogen) atoms. The summed E-state index contributed by atoms with van der Waals surface area (Å²) in [6.07, 6.45) is 7.21. The van der Waals surface area contributed by atoms with E-state index >= 15 is 0 Å². The van der Waals surface area contributed by atoms with Crippen molar-refractivity contribution in [1.29, 1.82) is 0 Å². The van der Waals surface area contributed by atoms with Crippen molar-refractivity contribution < 1.29 is 0 Å². The predicted octanol–water partition coefficient (Wildman–Crippen LogP) is 4.19. The minimum Gasteiger partial charge on any atom is -0.350 e. The molecule has 0 spiro atoms. The van der Waals surface area contributed by atoms with Gasteiger partial charge in [-0.3, -0.25) is 9.88 Å². The zero-order valence-corrected chi connectivity index (χ0v) is 14.1. The molecule has 1 aliphatic heterocycles. The molecule has 3 nitrogen and oxygen atoms in total. The van der Waals surface area contributed by atoms with Crippen LogP contribution in [0.2, 0.25) is 0 Å². The minimum atomic E-state index is 0.294. The van der Waals surface area contributed by atoms with E-state index in [2.05, 4.69) is 70.0 Å². The van der Waals surface area contributed by atoms with Gasteiger partial charge in [-0.25, -0.2) is 0 Å². The average Bonchev–Trinajstić information content (AvgIpc) is 2.97. The van der Waals surface area contributed by atoms with Crippen molar-refractivity contribution in [2.45, 2.75) is 32.5 Å². The molecule has 0 amide bonds. The smallest absolute Gasteiger partial charge is 0.0759 e. The van der Waals surface area contributed by atoms with Gasteiger partial charge in [0.25, 0.3) is 0 Å². The molecular weight excluding hydrogens is 294 g/mol. The van der Waals surface area contributed by atoms with Crippen LogP contribution in [0.5, 0.6) is 0 Å². The van der Waals surface area contributed by atoms with Gasteiger partial charge in [0, 0.05) is 43.9 Å². The van der Waals surface area contributed by atoms with Crippen LogP contribution in [0.1, 0.15) is 34.8 Å². The standard InChI is InChI=1S/C21H23N3/c1-17-6-2-8-19(14-17)21-20-9-4-11-23(20)12-5-13-24(21)16-18-7-3-10-22-15-18/h2-4,6-11,14-15,21H,5,12-13,16H2,1H3. The first kappa shape index (κ1) is 15.2. The second kappa shape index (κ2) is 6.62. The summed E-state index contributed by atoms with van der Waals surface area (Å²) in [5.41, 5.74) is 5.36. The van der Waals surface area contributed by atoms with E-state index in [0.29, 0.717) is 6.04 Å². The molecule has 122 valence electrons. The number of aryl methyl sites for hydroxylation is 2. The van der Waals surface area contributed by atoms with Crippen LogP contribution in [-0.4, -0.2) is 21.0 Å². The van der Waals surface area contributed by atoms with Gasteiger partial charge in [-0.05, 0) is 42.7 Å². The van der Waals surface area contributed by atoms with Gasteiger partial charge >= 0.3 is 0 Å². The highest BCUT2D eigenvalue weighted by atomic mass is 15.2. The Labute approximate surface area is 143 Å². The maximum atomic E-state index is 4.29. The summed E-state index contributed by atoms with van der Waals surface area (Å²) in [5.74, 6) is 0. The molecule has 0 saturated carbocycles. The highest BCUT2D eigenvalue weighted by Crippen LogP contribution is 2.33. The predicted molar refractivity (Wildman–Crippen MR) is 96.7 cm³/mol. The lowest BCUT2D eigenvalue weighted by Crippen LogP contribution is -2.29. The maximum Gasteiger partial charge on any atom is 0.0759 e. The molecular formula is C21H23N3. The zero-order chi connectivity index (χ0) is 16.4. The molecule has 1 unspecified atom stereocenters. The Balaban J connectivity index is 1.76. The van der Waals surface area contributed by atoms with E-state index in [4.69, 9.17) is 0 Å². The monoisotopic (exact) mass is 317 g/mol. The van der Waals surface area contributed by atoms with Gasteiger partial charge in [-0.1, -0.05) is 35.9 Å². The Morgan fingerprint density at radius 2 is 2.04 bits per heavy atom. The third-order valence-corrected chi connectivity index (χ3v) is 4.82. The molecule has 0 bridgehead atoms. The molecule has 0 saturated heterocycles. The van der Waals surface area contributed by atoms with Gasteiger partial charge in [0.2, 0.25) is 0 Å². The number of pyridine rings is 1. The number of hydrogen-bond donors (Lipinski definition) is 0. The van der Waals surface area contributed by atoms with Gasteiger partial charge in [0.15, 0.2) is 0 Å². The highest BCUT2D eigenvalue weighted by molar-refractivity contribution is 5.32. The fourth-order valence-electron chi connectivity index (χ4n) is 3.76. The summed E-state index contributed by atoms with van der Waals surface area (Å²) >= 11 is 0. The molecule has 0 radical (unpaired) electrons. The van der Waals surface area contributed by atoms with E-state index in [1.54, 1.807) is 0 Å². The molecule has 0 fully saturated rings. The fourth-order valence-corrected chi connectivity index (χ4v) is 3.76. The topological polar surface area (TPSA) is 21.1 Å². The molecule has 1 aliphatic rings. The zero-order valence-electron chi connectivity index (χ0n) is 14.1. The number of aromatic nitrogens is 2. The summed E-state index contributed by atoms with van der Waals surface area (Å²) in [4.78, 5) is 6.88. The molecule has 0 N–H and O–H groups in total. The van der Waals surface area contributed by atoms with Crippen LogP contribution in [0.25, 0.3) is 0 Å². The van der Waals surface area contributed by atoms with Crippen molar-refractivity contribution in [3.63, 3.8) is 0 Å². The first-order chi connectivity index (χ1) is 11.8. The molecule has 3 heterocycles. The van der Waals surface area contributed by atoms with Crippen LogP contribution in [-0.2, 0) is 13.1 Å². The highest BCUT2D eigenvalue weighted by Gasteiger charge is 2.27. The van der Waals surface area contributed by atoms with Crippen molar-refractivity contribution in [2.24, 2.45) is 0 Å². The van der Waals surface area contributed by atoms with Gasteiger partial charge in [-0.2, -0.15) is 0 Å². The molecule has 4 rings (SSSR count). The van der Waals surface area contributed by atoms with Crippen LogP contribution < -0.4 is 0 Å². The van der Waals surface area contributed by atoms with Gasteiger partial charge < -0.3 is 4.57 Å². The van der Waals surface area contributed by atoms with Crippen molar-refractivity contribution in [3.05, 3.63) is 89.5 Å². The average molecular weight is 317 g/mol. The van der Waals surface area contributed by atoms with Crippen molar-refractivity contribution in [1.82, 2.24) is 14.5 Å². The van der Waals surface area contributed by atoms with Gasteiger partial charge in [-0.15, -0.1) is 0 Å². The Morgan fingerprint density at radius 3 is 2.88 bits per heavy atom. The Morgan fingerprint density at radius 1 is 1.08 bits per heavy atom. The van der Waals surface area contributed by atoms with Crippen LogP contribution in [0.15, 0.2) is 67.1 Å². The van der Waals surface area contributed by atoms with Crippen LogP contribution >= 0.6 is 0 Å². The van der Waals surface area contributed by atoms with E-state index in [-0.39, 0.29) is 0 Å². The van der Waals surface area contributed by atoms with E-state index in [1.807, 2.05) is 18.5 Å². The number of nitrogens with zero attached hydrogens (tertiary/aromatic N) is 3. The first-order valence-corrected chi connectivity index (χ1v) is 8.66. The van der Waals surface area contributed by atoms with Crippen LogP contribution in [0, 0.1) is 6.92 Å². The van der Waals surface area contributed by atoms with Crippen molar-refractivity contribution >= 4 is 0 Å². The van der Waals surface area contributed by atoms with Crippen LogP contribution in [0.4, 0.5) is 0 Å². The lowest BCUT2D eigenvalue weighted by atomic mass is 9.99. The van der Waals surface area contributed by atoms with E-state index < -0.39 is 0 Å². The molecule has 1 atom stereocenters. The summed E-state index contributed by atoms with van der Waals surface area (Å²) < 4.78 is 2.41. The van der Waals surface area contributed by atoms with Gasteiger partial charge in [0.1, 0.15) is 0 Å². The quantitative estimate of drug-likeness (QED) is 0.722.